The maximum Gasteiger partial charge on any atom is 0.250 e. The summed E-state index contributed by atoms with van der Waals surface area (Å²) in [5.74, 6) is -2.50. The Morgan fingerprint density at radius 1 is 1.33 bits per heavy atom. The molecule has 0 bridgehead atoms. The molecule has 0 saturated heterocycles. The molecule has 3 heteroatoms. The second-order valence-corrected chi connectivity index (χ2v) is 3.19. The van der Waals surface area contributed by atoms with E-state index in [1.807, 2.05) is 0 Å². The summed E-state index contributed by atoms with van der Waals surface area (Å²) in [6, 6.07) is 0. The van der Waals surface area contributed by atoms with Gasteiger partial charge in [0.25, 0.3) is 0 Å². The SMILES string of the molecule is C[C@]1(N)CCC(F)(F)C1. The Morgan fingerprint density at radius 2 is 1.89 bits per heavy atom. The molecule has 1 nitrogen and oxygen atoms in total. The Bertz CT molecular complexity index is 106. The number of alkyl halides is 2. The van der Waals surface area contributed by atoms with Crippen LogP contribution in [-0.4, -0.2) is 11.5 Å². The van der Waals surface area contributed by atoms with Gasteiger partial charge in [-0.05, 0) is 13.3 Å². The highest BCUT2D eigenvalue weighted by molar-refractivity contribution is 4.93. The lowest BCUT2D eigenvalue weighted by Gasteiger charge is -2.16. The van der Waals surface area contributed by atoms with Crippen LogP contribution in [0, 0.1) is 0 Å². The van der Waals surface area contributed by atoms with Crippen molar-refractivity contribution in [2.45, 2.75) is 37.6 Å². The quantitative estimate of drug-likeness (QED) is 0.535. The molecule has 0 unspecified atom stereocenters. The van der Waals surface area contributed by atoms with Crippen LogP contribution in [0.15, 0.2) is 0 Å². The third-order valence-corrected chi connectivity index (χ3v) is 1.72. The minimum absolute atomic E-state index is 0.0417. The van der Waals surface area contributed by atoms with Crippen molar-refractivity contribution in [1.29, 1.82) is 0 Å². The average molecular weight is 135 g/mol. The number of hydrogen-bond acceptors (Lipinski definition) is 1. The molecule has 0 amide bonds. The van der Waals surface area contributed by atoms with E-state index in [4.69, 9.17) is 5.73 Å². The van der Waals surface area contributed by atoms with Crippen LogP contribution in [0.2, 0.25) is 0 Å². The lowest BCUT2D eigenvalue weighted by Crippen LogP contribution is -2.33. The van der Waals surface area contributed by atoms with Crippen molar-refractivity contribution in [3.63, 3.8) is 0 Å². The topological polar surface area (TPSA) is 26.0 Å². The predicted octanol–water partition coefficient (Wildman–Crippen LogP) is 1.52. The highest BCUT2D eigenvalue weighted by atomic mass is 19.3. The van der Waals surface area contributed by atoms with Gasteiger partial charge in [-0.15, -0.1) is 0 Å². The molecule has 1 rings (SSSR count). The Balaban J connectivity index is 2.58. The summed E-state index contributed by atoms with van der Waals surface area (Å²) in [7, 11) is 0. The van der Waals surface area contributed by atoms with Crippen LogP contribution in [0.5, 0.6) is 0 Å². The zero-order chi connectivity index (χ0) is 7.12. The molecule has 0 spiro atoms. The molecule has 1 aliphatic rings. The molecule has 0 heterocycles. The van der Waals surface area contributed by atoms with E-state index in [0.29, 0.717) is 6.42 Å². The summed E-state index contributed by atoms with van der Waals surface area (Å²) in [6.45, 7) is 1.67. The van der Waals surface area contributed by atoms with Crippen molar-refractivity contribution in [3.05, 3.63) is 0 Å². The third-order valence-electron chi connectivity index (χ3n) is 1.72. The second-order valence-electron chi connectivity index (χ2n) is 3.19. The van der Waals surface area contributed by atoms with Crippen molar-refractivity contribution in [3.8, 4) is 0 Å². The fraction of sp³-hybridized carbons (Fsp3) is 1.00. The molecule has 1 fully saturated rings. The molecule has 0 aromatic heterocycles. The monoisotopic (exact) mass is 135 g/mol. The average Bonchev–Trinajstić information content (AvgIpc) is 1.78. The minimum atomic E-state index is -2.50. The molecule has 1 aliphatic carbocycles. The maximum absolute atomic E-state index is 12.4. The van der Waals surface area contributed by atoms with Crippen molar-refractivity contribution in [2.24, 2.45) is 5.73 Å². The molecule has 0 aromatic rings. The predicted molar refractivity (Wildman–Crippen MR) is 31.4 cm³/mol. The molecule has 54 valence electrons. The number of rotatable bonds is 0. The van der Waals surface area contributed by atoms with Crippen LogP contribution in [0.1, 0.15) is 26.2 Å². The van der Waals surface area contributed by atoms with Gasteiger partial charge in [0.1, 0.15) is 0 Å². The largest absolute Gasteiger partial charge is 0.325 e. The highest BCUT2D eigenvalue weighted by Gasteiger charge is 2.44. The van der Waals surface area contributed by atoms with Gasteiger partial charge in [-0.1, -0.05) is 0 Å². The van der Waals surface area contributed by atoms with Crippen molar-refractivity contribution >= 4 is 0 Å². The van der Waals surface area contributed by atoms with Crippen LogP contribution in [0.4, 0.5) is 8.78 Å². The summed E-state index contributed by atoms with van der Waals surface area (Å²) in [5.41, 5.74) is 4.85. The van der Waals surface area contributed by atoms with Gasteiger partial charge in [-0.2, -0.15) is 0 Å². The van der Waals surface area contributed by atoms with E-state index in [2.05, 4.69) is 0 Å². The number of nitrogens with two attached hydrogens (primary N) is 1. The first-order valence-corrected chi connectivity index (χ1v) is 3.08. The Hall–Kier alpha value is -0.180. The van der Waals surface area contributed by atoms with Gasteiger partial charge in [0.2, 0.25) is 5.92 Å². The van der Waals surface area contributed by atoms with E-state index in [9.17, 15) is 8.78 Å². The van der Waals surface area contributed by atoms with Gasteiger partial charge in [-0.25, -0.2) is 8.78 Å². The van der Waals surface area contributed by atoms with Crippen molar-refractivity contribution in [2.75, 3.05) is 0 Å². The Kier molecular flexibility index (Phi) is 1.28. The molecule has 9 heavy (non-hydrogen) atoms. The van der Waals surface area contributed by atoms with Crippen molar-refractivity contribution in [1.82, 2.24) is 0 Å². The summed E-state index contributed by atoms with van der Waals surface area (Å²) in [6.07, 6.45) is 0.250. The summed E-state index contributed by atoms with van der Waals surface area (Å²) in [5, 5.41) is 0. The zero-order valence-electron chi connectivity index (χ0n) is 5.45. The smallest absolute Gasteiger partial charge is 0.250 e. The van der Waals surface area contributed by atoms with E-state index in [1.54, 1.807) is 6.92 Å². The van der Waals surface area contributed by atoms with Crippen LogP contribution in [-0.2, 0) is 0 Å². The standard InChI is InChI=1S/C6H11F2N/c1-5(9)2-3-6(7,8)4-5/h2-4,9H2,1H3/t5-/m0/s1. The lowest BCUT2D eigenvalue weighted by molar-refractivity contribution is 0.00414. The minimum Gasteiger partial charge on any atom is -0.325 e. The van der Waals surface area contributed by atoms with Crippen LogP contribution >= 0.6 is 0 Å². The molecular formula is C6H11F2N. The molecule has 1 saturated carbocycles. The van der Waals surface area contributed by atoms with E-state index in [1.165, 1.54) is 0 Å². The van der Waals surface area contributed by atoms with Gasteiger partial charge in [0.15, 0.2) is 0 Å². The first kappa shape index (κ1) is 6.93. The molecule has 2 N–H and O–H groups in total. The van der Waals surface area contributed by atoms with Gasteiger partial charge < -0.3 is 5.73 Å². The van der Waals surface area contributed by atoms with E-state index in [0.717, 1.165) is 0 Å². The molecule has 0 radical (unpaired) electrons. The van der Waals surface area contributed by atoms with E-state index >= 15 is 0 Å². The summed E-state index contributed by atoms with van der Waals surface area (Å²) >= 11 is 0. The highest BCUT2D eigenvalue weighted by Crippen LogP contribution is 2.39. The van der Waals surface area contributed by atoms with Gasteiger partial charge in [-0.3, -0.25) is 0 Å². The van der Waals surface area contributed by atoms with Gasteiger partial charge in [0.05, 0.1) is 0 Å². The van der Waals surface area contributed by atoms with E-state index in [-0.39, 0.29) is 12.8 Å². The first-order valence-electron chi connectivity index (χ1n) is 3.08. The molecule has 0 aromatic carbocycles. The summed E-state index contributed by atoms with van der Waals surface area (Å²) in [4.78, 5) is 0. The summed E-state index contributed by atoms with van der Waals surface area (Å²) < 4.78 is 24.7. The fourth-order valence-corrected chi connectivity index (χ4v) is 1.24. The van der Waals surface area contributed by atoms with Crippen LogP contribution < -0.4 is 5.73 Å². The normalized spacial score (nSPS) is 41.3. The molecular weight excluding hydrogens is 124 g/mol. The second kappa shape index (κ2) is 1.66. The first-order chi connectivity index (χ1) is 3.91. The van der Waals surface area contributed by atoms with Gasteiger partial charge in [0, 0.05) is 18.4 Å². The number of halogens is 2. The Labute approximate surface area is 53.2 Å². The van der Waals surface area contributed by atoms with Crippen molar-refractivity contribution < 1.29 is 8.78 Å². The fourth-order valence-electron chi connectivity index (χ4n) is 1.24. The van der Waals surface area contributed by atoms with Gasteiger partial charge >= 0.3 is 0 Å². The van der Waals surface area contributed by atoms with Crippen LogP contribution in [0.25, 0.3) is 0 Å². The molecule has 0 aliphatic heterocycles. The van der Waals surface area contributed by atoms with Crippen LogP contribution in [0.3, 0.4) is 0 Å². The molecule has 1 atom stereocenters. The van der Waals surface area contributed by atoms with E-state index < -0.39 is 11.5 Å². The number of hydrogen-bond donors (Lipinski definition) is 1. The maximum atomic E-state index is 12.4. The zero-order valence-corrected chi connectivity index (χ0v) is 5.45. The lowest BCUT2D eigenvalue weighted by atomic mass is 10.0. The third kappa shape index (κ3) is 1.61. The Morgan fingerprint density at radius 3 is 2.00 bits per heavy atom.